The molecule has 0 radical (unpaired) electrons. The van der Waals surface area contributed by atoms with Crippen LogP contribution in [0, 0.1) is 6.92 Å². The highest BCUT2D eigenvalue weighted by Crippen LogP contribution is 2.31. The number of pyridine rings is 1. The SMILES string of the molecule is CCOc1cccc(CN)c1OCc1cncc(C)c1. The fraction of sp³-hybridized carbons (Fsp3) is 0.312. The molecular formula is C16H20N2O2. The van der Waals surface area contributed by atoms with Crippen LogP contribution in [0.25, 0.3) is 0 Å². The summed E-state index contributed by atoms with van der Waals surface area (Å²) in [5, 5.41) is 0. The summed E-state index contributed by atoms with van der Waals surface area (Å²) in [5.74, 6) is 1.45. The largest absolute Gasteiger partial charge is 0.490 e. The Labute approximate surface area is 119 Å². The number of benzene rings is 1. The number of rotatable bonds is 6. The lowest BCUT2D eigenvalue weighted by molar-refractivity contribution is 0.266. The zero-order valence-corrected chi connectivity index (χ0v) is 11.9. The highest BCUT2D eigenvalue weighted by atomic mass is 16.5. The molecule has 0 aliphatic rings. The second kappa shape index (κ2) is 6.91. The fourth-order valence-corrected chi connectivity index (χ4v) is 2.01. The van der Waals surface area contributed by atoms with Crippen LogP contribution in [0.15, 0.2) is 36.7 Å². The second-order valence-electron chi connectivity index (χ2n) is 4.54. The van der Waals surface area contributed by atoms with E-state index in [4.69, 9.17) is 15.2 Å². The van der Waals surface area contributed by atoms with Crippen molar-refractivity contribution in [1.82, 2.24) is 4.98 Å². The predicted molar refractivity (Wildman–Crippen MR) is 78.8 cm³/mol. The molecule has 1 aromatic carbocycles. The van der Waals surface area contributed by atoms with Gasteiger partial charge >= 0.3 is 0 Å². The van der Waals surface area contributed by atoms with Crippen LogP contribution in [-0.2, 0) is 13.2 Å². The number of aromatic nitrogens is 1. The Bertz CT molecular complexity index is 570. The molecule has 0 saturated carbocycles. The highest BCUT2D eigenvalue weighted by Gasteiger charge is 2.10. The maximum atomic E-state index is 5.91. The molecule has 1 aromatic heterocycles. The summed E-state index contributed by atoms with van der Waals surface area (Å²) < 4.78 is 11.5. The van der Waals surface area contributed by atoms with Gasteiger partial charge in [-0.15, -0.1) is 0 Å². The molecule has 0 bridgehead atoms. The van der Waals surface area contributed by atoms with Gasteiger partial charge in [0.1, 0.15) is 6.61 Å². The maximum absolute atomic E-state index is 5.91. The maximum Gasteiger partial charge on any atom is 0.166 e. The molecule has 2 rings (SSSR count). The third kappa shape index (κ3) is 3.48. The highest BCUT2D eigenvalue weighted by molar-refractivity contribution is 5.46. The van der Waals surface area contributed by atoms with Crippen molar-refractivity contribution in [3.8, 4) is 11.5 Å². The molecule has 4 nitrogen and oxygen atoms in total. The van der Waals surface area contributed by atoms with Crippen molar-refractivity contribution >= 4 is 0 Å². The molecule has 0 spiro atoms. The van der Waals surface area contributed by atoms with Crippen molar-refractivity contribution in [2.24, 2.45) is 5.73 Å². The standard InChI is InChI=1S/C16H20N2O2/c1-3-19-15-6-4-5-14(8-17)16(15)20-11-13-7-12(2)9-18-10-13/h4-7,9-10H,3,8,11,17H2,1-2H3. The monoisotopic (exact) mass is 272 g/mol. The van der Waals surface area contributed by atoms with Crippen LogP contribution in [-0.4, -0.2) is 11.6 Å². The zero-order valence-electron chi connectivity index (χ0n) is 11.9. The van der Waals surface area contributed by atoms with Gasteiger partial charge in [0.2, 0.25) is 0 Å². The van der Waals surface area contributed by atoms with Crippen molar-refractivity contribution in [2.75, 3.05) is 6.61 Å². The molecule has 0 amide bonds. The fourth-order valence-electron chi connectivity index (χ4n) is 2.01. The van der Waals surface area contributed by atoms with Crippen LogP contribution < -0.4 is 15.2 Å². The van der Waals surface area contributed by atoms with Crippen LogP contribution in [0.4, 0.5) is 0 Å². The molecule has 0 fully saturated rings. The van der Waals surface area contributed by atoms with Gasteiger partial charge in [0.25, 0.3) is 0 Å². The minimum Gasteiger partial charge on any atom is -0.490 e. The lowest BCUT2D eigenvalue weighted by Crippen LogP contribution is -2.05. The number of aryl methyl sites for hydroxylation is 1. The summed E-state index contributed by atoms with van der Waals surface area (Å²) in [6, 6.07) is 7.82. The molecule has 4 heteroatoms. The Kier molecular flexibility index (Phi) is 4.96. The number of hydrogen-bond donors (Lipinski definition) is 1. The van der Waals surface area contributed by atoms with Gasteiger partial charge < -0.3 is 15.2 Å². The Morgan fingerprint density at radius 3 is 2.75 bits per heavy atom. The predicted octanol–water partition coefficient (Wildman–Crippen LogP) is 2.83. The first-order valence-corrected chi connectivity index (χ1v) is 6.72. The van der Waals surface area contributed by atoms with Crippen molar-refractivity contribution in [3.05, 3.63) is 53.3 Å². The van der Waals surface area contributed by atoms with Gasteiger partial charge in [0, 0.05) is 30.1 Å². The summed E-state index contributed by atoms with van der Waals surface area (Å²) in [6.45, 7) is 5.42. The number of ether oxygens (including phenoxy) is 2. The van der Waals surface area contributed by atoms with E-state index in [-0.39, 0.29) is 0 Å². The summed E-state index contributed by atoms with van der Waals surface area (Å²) >= 11 is 0. The van der Waals surface area contributed by atoms with Crippen molar-refractivity contribution in [3.63, 3.8) is 0 Å². The molecule has 0 aliphatic carbocycles. The van der Waals surface area contributed by atoms with Crippen LogP contribution >= 0.6 is 0 Å². The normalized spacial score (nSPS) is 10.3. The molecule has 0 saturated heterocycles. The smallest absolute Gasteiger partial charge is 0.166 e. The van der Waals surface area contributed by atoms with Crippen molar-refractivity contribution in [2.45, 2.75) is 27.0 Å². The molecule has 0 aliphatic heterocycles. The summed E-state index contributed by atoms with van der Waals surface area (Å²) in [6.07, 6.45) is 3.63. The quantitative estimate of drug-likeness (QED) is 0.878. The average molecular weight is 272 g/mol. The Morgan fingerprint density at radius 1 is 1.20 bits per heavy atom. The topological polar surface area (TPSA) is 57.4 Å². The van der Waals surface area contributed by atoms with E-state index in [1.165, 1.54) is 0 Å². The van der Waals surface area contributed by atoms with E-state index in [0.717, 1.165) is 28.2 Å². The van der Waals surface area contributed by atoms with Crippen LogP contribution in [0.1, 0.15) is 23.6 Å². The van der Waals surface area contributed by atoms with Gasteiger partial charge in [0.15, 0.2) is 11.5 Å². The van der Waals surface area contributed by atoms with Gasteiger partial charge in [-0.25, -0.2) is 0 Å². The first-order chi connectivity index (χ1) is 9.74. The van der Waals surface area contributed by atoms with Crippen LogP contribution in [0.3, 0.4) is 0 Å². The van der Waals surface area contributed by atoms with E-state index in [9.17, 15) is 0 Å². The second-order valence-corrected chi connectivity index (χ2v) is 4.54. The number of nitrogens with zero attached hydrogens (tertiary/aromatic N) is 1. The third-order valence-electron chi connectivity index (χ3n) is 2.89. The summed E-state index contributed by atoms with van der Waals surface area (Å²) in [7, 11) is 0. The number of hydrogen-bond acceptors (Lipinski definition) is 4. The minimum absolute atomic E-state index is 0.419. The lowest BCUT2D eigenvalue weighted by Gasteiger charge is -2.15. The molecule has 1 heterocycles. The first kappa shape index (κ1) is 14.3. The molecule has 0 unspecified atom stereocenters. The zero-order chi connectivity index (χ0) is 14.4. The molecule has 2 N–H and O–H groups in total. The van der Waals surface area contributed by atoms with Gasteiger partial charge in [-0.2, -0.15) is 0 Å². The molecule has 20 heavy (non-hydrogen) atoms. The van der Waals surface area contributed by atoms with Gasteiger partial charge in [-0.3, -0.25) is 4.98 Å². The lowest BCUT2D eigenvalue weighted by atomic mass is 10.2. The number of para-hydroxylation sites is 1. The van der Waals surface area contributed by atoms with E-state index in [0.29, 0.717) is 19.8 Å². The first-order valence-electron chi connectivity index (χ1n) is 6.72. The molecule has 106 valence electrons. The third-order valence-corrected chi connectivity index (χ3v) is 2.89. The van der Waals surface area contributed by atoms with Gasteiger partial charge in [-0.05, 0) is 31.5 Å². The summed E-state index contributed by atoms with van der Waals surface area (Å²) in [5.41, 5.74) is 8.84. The average Bonchev–Trinajstić information content (AvgIpc) is 2.46. The number of nitrogens with two attached hydrogens (primary N) is 1. The van der Waals surface area contributed by atoms with Crippen LogP contribution in [0.5, 0.6) is 11.5 Å². The van der Waals surface area contributed by atoms with E-state index in [1.807, 2.05) is 38.2 Å². The molecule has 0 atom stereocenters. The minimum atomic E-state index is 0.419. The van der Waals surface area contributed by atoms with Gasteiger partial charge in [0.05, 0.1) is 6.61 Å². The van der Waals surface area contributed by atoms with E-state index in [1.54, 1.807) is 6.20 Å². The Hall–Kier alpha value is -2.07. The van der Waals surface area contributed by atoms with Crippen LogP contribution in [0.2, 0.25) is 0 Å². The van der Waals surface area contributed by atoms with Gasteiger partial charge in [-0.1, -0.05) is 12.1 Å². The van der Waals surface area contributed by atoms with E-state index >= 15 is 0 Å². The molecule has 2 aromatic rings. The van der Waals surface area contributed by atoms with E-state index < -0.39 is 0 Å². The van der Waals surface area contributed by atoms with E-state index in [2.05, 4.69) is 11.1 Å². The summed E-state index contributed by atoms with van der Waals surface area (Å²) in [4.78, 5) is 4.16. The Morgan fingerprint density at radius 2 is 2.05 bits per heavy atom. The van der Waals surface area contributed by atoms with Crippen molar-refractivity contribution < 1.29 is 9.47 Å². The Balaban J connectivity index is 2.19. The van der Waals surface area contributed by atoms with Crippen molar-refractivity contribution in [1.29, 1.82) is 0 Å². The molecular weight excluding hydrogens is 252 g/mol.